The molecule has 1 fully saturated rings. The Morgan fingerprint density at radius 1 is 1.19 bits per heavy atom. The zero-order valence-corrected chi connectivity index (χ0v) is 12.8. The standard InChI is InChI=1S/C16H23N5/c1-16(2,12-13-6-4-3-5-7-13)15-18-19-20-21(15)14-8-10-17-11-9-14/h3-7,14,17H,8-12H2,1-2H3. The summed E-state index contributed by atoms with van der Waals surface area (Å²) >= 11 is 0. The summed E-state index contributed by atoms with van der Waals surface area (Å²) in [6.07, 6.45) is 3.14. The third kappa shape index (κ3) is 3.13. The van der Waals surface area contributed by atoms with E-state index in [1.165, 1.54) is 5.56 Å². The van der Waals surface area contributed by atoms with Gasteiger partial charge in [-0.05, 0) is 48.3 Å². The first-order valence-corrected chi connectivity index (χ1v) is 7.70. The first kappa shape index (κ1) is 14.2. The molecule has 1 saturated heterocycles. The lowest BCUT2D eigenvalue weighted by Gasteiger charge is -2.28. The first-order valence-electron chi connectivity index (χ1n) is 7.70. The van der Waals surface area contributed by atoms with Crippen molar-refractivity contribution in [2.45, 2.75) is 44.6 Å². The monoisotopic (exact) mass is 285 g/mol. The Hall–Kier alpha value is -1.75. The SMILES string of the molecule is CC(C)(Cc1ccccc1)c1nnnn1C1CCNCC1. The van der Waals surface area contributed by atoms with Gasteiger partial charge in [-0.25, -0.2) is 4.68 Å². The Kier molecular flexibility index (Phi) is 4.01. The van der Waals surface area contributed by atoms with Crippen molar-refractivity contribution < 1.29 is 0 Å². The first-order chi connectivity index (χ1) is 10.2. The highest BCUT2D eigenvalue weighted by molar-refractivity contribution is 5.20. The van der Waals surface area contributed by atoms with Crippen molar-refractivity contribution >= 4 is 0 Å². The molecule has 0 unspecified atom stereocenters. The van der Waals surface area contributed by atoms with Crippen LogP contribution in [0.4, 0.5) is 0 Å². The molecule has 0 aliphatic carbocycles. The van der Waals surface area contributed by atoms with Gasteiger partial charge < -0.3 is 5.32 Å². The van der Waals surface area contributed by atoms with Gasteiger partial charge in [0.1, 0.15) is 0 Å². The molecular formula is C16H23N5. The van der Waals surface area contributed by atoms with Crippen molar-refractivity contribution in [3.63, 3.8) is 0 Å². The van der Waals surface area contributed by atoms with Gasteiger partial charge in [-0.3, -0.25) is 0 Å². The lowest BCUT2D eigenvalue weighted by Crippen LogP contribution is -2.34. The number of nitrogens with one attached hydrogen (secondary N) is 1. The summed E-state index contributed by atoms with van der Waals surface area (Å²) in [4.78, 5) is 0. The van der Waals surface area contributed by atoms with E-state index in [9.17, 15) is 0 Å². The molecule has 1 aromatic carbocycles. The van der Waals surface area contributed by atoms with Crippen LogP contribution in [0.25, 0.3) is 0 Å². The van der Waals surface area contributed by atoms with Crippen molar-refractivity contribution in [3.8, 4) is 0 Å². The van der Waals surface area contributed by atoms with Crippen molar-refractivity contribution in [1.29, 1.82) is 0 Å². The van der Waals surface area contributed by atoms with Crippen molar-refractivity contribution in [2.24, 2.45) is 0 Å². The van der Waals surface area contributed by atoms with Crippen LogP contribution in [0.5, 0.6) is 0 Å². The van der Waals surface area contributed by atoms with E-state index in [-0.39, 0.29) is 5.41 Å². The molecule has 0 amide bonds. The fraction of sp³-hybridized carbons (Fsp3) is 0.562. The molecular weight excluding hydrogens is 262 g/mol. The number of aromatic nitrogens is 4. The maximum absolute atomic E-state index is 4.34. The third-order valence-corrected chi connectivity index (χ3v) is 4.24. The summed E-state index contributed by atoms with van der Waals surface area (Å²) in [5.41, 5.74) is 1.25. The molecule has 0 spiro atoms. The van der Waals surface area contributed by atoms with Crippen LogP contribution in [0.15, 0.2) is 30.3 Å². The summed E-state index contributed by atoms with van der Waals surface area (Å²) < 4.78 is 2.06. The van der Waals surface area contributed by atoms with E-state index in [2.05, 4.69) is 69.7 Å². The minimum Gasteiger partial charge on any atom is -0.317 e. The second-order valence-corrected chi connectivity index (χ2v) is 6.47. The lowest BCUT2D eigenvalue weighted by atomic mass is 9.84. The Bertz CT molecular complexity index is 569. The number of rotatable bonds is 4. The zero-order chi connectivity index (χ0) is 14.7. The van der Waals surface area contributed by atoms with Gasteiger partial charge in [0.15, 0.2) is 5.82 Å². The minimum absolute atomic E-state index is 0.0737. The van der Waals surface area contributed by atoms with E-state index >= 15 is 0 Å². The lowest BCUT2D eigenvalue weighted by molar-refractivity contribution is 0.310. The maximum atomic E-state index is 4.34. The second kappa shape index (κ2) is 5.93. The molecule has 2 heterocycles. The quantitative estimate of drug-likeness (QED) is 0.935. The van der Waals surface area contributed by atoms with E-state index < -0.39 is 0 Å². The average Bonchev–Trinajstić information content (AvgIpc) is 2.99. The van der Waals surface area contributed by atoms with E-state index in [1.807, 2.05) is 0 Å². The van der Waals surface area contributed by atoms with Gasteiger partial charge in [-0.15, -0.1) is 5.10 Å². The van der Waals surface area contributed by atoms with Crippen LogP contribution >= 0.6 is 0 Å². The Balaban J connectivity index is 1.83. The number of piperidine rings is 1. The molecule has 0 saturated carbocycles. The molecule has 2 aromatic rings. The molecule has 5 heteroatoms. The van der Waals surface area contributed by atoms with Gasteiger partial charge in [0.25, 0.3) is 0 Å². The van der Waals surface area contributed by atoms with Gasteiger partial charge in [0.05, 0.1) is 6.04 Å². The third-order valence-electron chi connectivity index (χ3n) is 4.24. The fourth-order valence-corrected chi connectivity index (χ4v) is 3.12. The smallest absolute Gasteiger partial charge is 0.157 e. The number of hydrogen-bond donors (Lipinski definition) is 1. The number of nitrogens with zero attached hydrogens (tertiary/aromatic N) is 4. The number of hydrogen-bond acceptors (Lipinski definition) is 4. The van der Waals surface area contributed by atoms with Gasteiger partial charge >= 0.3 is 0 Å². The second-order valence-electron chi connectivity index (χ2n) is 6.47. The highest BCUT2D eigenvalue weighted by Gasteiger charge is 2.31. The van der Waals surface area contributed by atoms with Gasteiger partial charge in [0.2, 0.25) is 0 Å². The predicted molar refractivity (Wildman–Crippen MR) is 82.1 cm³/mol. The van der Waals surface area contributed by atoms with Crippen LogP contribution in [0.1, 0.15) is 44.1 Å². The Morgan fingerprint density at radius 2 is 1.90 bits per heavy atom. The molecule has 112 valence electrons. The van der Waals surface area contributed by atoms with Crippen LogP contribution in [0, 0.1) is 0 Å². The maximum Gasteiger partial charge on any atom is 0.157 e. The Labute approximate surface area is 125 Å². The summed E-state index contributed by atoms with van der Waals surface area (Å²) in [6, 6.07) is 11.0. The molecule has 1 aliphatic rings. The topological polar surface area (TPSA) is 55.6 Å². The largest absolute Gasteiger partial charge is 0.317 e. The fourth-order valence-electron chi connectivity index (χ4n) is 3.12. The zero-order valence-electron chi connectivity index (χ0n) is 12.8. The van der Waals surface area contributed by atoms with E-state index in [0.717, 1.165) is 38.2 Å². The highest BCUT2D eigenvalue weighted by atomic mass is 15.6. The highest BCUT2D eigenvalue weighted by Crippen LogP contribution is 2.29. The molecule has 1 aromatic heterocycles. The van der Waals surface area contributed by atoms with Crippen LogP contribution in [0.3, 0.4) is 0 Å². The molecule has 0 bridgehead atoms. The molecule has 0 radical (unpaired) electrons. The van der Waals surface area contributed by atoms with E-state index in [1.54, 1.807) is 0 Å². The van der Waals surface area contributed by atoms with Crippen molar-refractivity contribution in [1.82, 2.24) is 25.5 Å². The molecule has 1 aliphatic heterocycles. The van der Waals surface area contributed by atoms with E-state index in [0.29, 0.717) is 6.04 Å². The minimum atomic E-state index is -0.0737. The Morgan fingerprint density at radius 3 is 2.62 bits per heavy atom. The summed E-state index contributed by atoms with van der Waals surface area (Å²) in [5.74, 6) is 0.998. The summed E-state index contributed by atoms with van der Waals surface area (Å²) in [5, 5.41) is 16.0. The van der Waals surface area contributed by atoms with Crippen molar-refractivity contribution in [3.05, 3.63) is 41.7 Å². The van der Waals surface area contributed by atoms with Crippen LogP contribution < -0.4 is 5.32 Å². The van der Waals surface area contributed by atoms with Crippen LogP contribution in [-0.2, 0) is 11.8 Å². The van der Waals surface area contributed by atoms with Gasteiger partial charge in [-0.2, -0.15) is 0 Å². The van der Waals surface area contributed by atoms with Gasteiger partial charge in [0, 0.05) is 5.41 Å². The molecule has 3 rings (SSSR count). The molecule has 5 nitrogen and oxygen atoms in total. The summed E-state index contributed by atoms with van der Waals surface area (Å²) in [7, 11) is 0. The molecule has 1 N–H and O–H groups in total. The van der Waals surface area contributed by atoms with Crippen LogP contribution in [0.2, 0.25) is 0 Å². The van der Waals surface area contributed by atoms with Crippen LogP contribution in [-0.4, -0.2) is 33.3 Å². The number of tetrazole rings is 1. The van der Waals surface area contributed by atoms with E-state index in [4.69, 9.17) is 0 Å². The predicted octanol–water partition coefficient (Wildman–Crippen LogP) is 2.12. The molecule has 21 heavy (non-hydrogen) atoms. The normalized spacial score (nSPS) is 17.0. The summed E-state index contributed by atoms with van der Waals surface area (Å²) in [6.45, 7) is 6.54. The van der Waals surface area contributed by atoms with Crippen molar-refractivity contribution in [2.75, 3.05) is 13.1 Å². The average molecular weight is 285 g/mol. The molecule has 0 atom stereocenters. The number of benzene rings is 1. The van der Waals surface area contributed by atoms with Gasteiger partial charge in [-0.1, -0.05) is 44.2 Å².